The monoisotopic (exact) mass is 378 g/mol. The highest BCUT2D eigenvalue weighted by Crippen LogP contribution is 2.27. The first-order valence-corrected chi connectivity index (χ1v) is 9.14. The van der Waals surface area contributed by atoms with Crippen molar-refractivity contribution in [2.75, 3.05) is 47.9 Å². The zero-order chi connectivity index (χ0) is 20.4. The Morgan fingerprint density at radius 2 is 1.74 bits per heavy atom. The molecule has 0 saturated heterocycles. The van der Waals surface area contributed by atoms with E-state index in [-0.39, 0.29) is 11.3 Å². The van der Waals surface area contributed by atoms with Gasteiger partial charge < -0.3 is 25.0 Å². The van der Waals surface area contributed by atoms with Crippen LogP contribution in [0.25, 0.3) is 0 Å². The molecular weight excluding hydrogens is 344 g/mol. The van der Waals surface area contributed by atoms with E-state index in [1.807, 2.05) is 46.0 Å². The molecule has 0 radical (unpaired) electrons. The Morgan fingerprint density at radius 1 is 1.11 bits per heavy atom. The van der Waals surface area contributed by atoms with Crippen LogP contribution < -0.4 is 20.1 Å². The summed E-state index contributed by atoms with van der Waals surface area (Å²) in [6.45, 7) is 7.67. The molecule has 0 bridgehead atoms. The van der Waals surface area contributed by atoms with E-state index in [9.17, 15) is 4.79 Å². The fourth-order valence-electron chi connectivity index (χ4n) is 2.44. The van der Waals surface area contributed by atoms with Gasteiger partial charge in [-0.25, -0.2) is 0 Å². The van der Waals surface area contributed by atoms with Gasteiger partial charge in [-0.3, -0.25) is 9.79 Å². The highest BCUT2D eigenvalue weighted by Gasteiger charge is 2.20. The fourth-order valence-corrected chi connectivity index (χ4v) is 2.44. The quantitative estimate of drug-likeness (QED) is 0.411. The standard InChI is InChI=1S/C20H34N4O3/c1-20(2,3)18(25)22-11-12-23-19(21-4)24(5)13-10-15-8-9-16(26-6)17(14-15)27-7/h8-9,14H,10-13H2,1-7H3,(H,21,23)(H,22,25). The van der Waals surface area contributed by atoms with Gasteiger partial charge in [0.15, 0.2) is 17.5 Å². The van der Waals surface area contributed by atoms with Gasteiger partial charge >= 0.3 is 0 Å². The van der Waals surface area contributed by atoms with E-state index in [4.69, 9.17) is 9.47 Å². The summed E-state index contributed by atoms with van der Waals surface area (Å²) < 4.78 is 10.6. The second-order valence-corrected chi connectivity index (χ2v) is 7.34. The lowest BCUT2D eigenvalue weighted by Crippen LogP contribution is -2.44. The molecule has 0 saturated carbocycles. The number of amides is 1. The Hall–Kier alpha value is -2.44. The van der Waals surface area contributed by atoms with Crippen molar-refractivity contribution in [1.82, 2.24) is 15.5 Å². The van der Waals surface area contributed by atoms with Gasteiger partial charge in [0.1, 0.15) is 0 Å². The molecule has 1 aromatic carbocycles. The lowest BCUT2D eigenvalue weighted by molar-refractivity contribution is -0.128. The molecule has 0 aliphatic heterocycles. The molecule has 1 amide bonds. The van der Waals surface area contributed by atoms with Crippen molar-refractivity contribution in [1.29, 1.82) is 0 Å². The van der Waals surface area contributed by atoms with E-state index >= 15 is 0 Å². The molecule has 0 fully saturated rings. The largest absolute Gasteiger partial charge is 0.493 e. The molecule has 1 rings (SSSR count). The smallest absolute Gasteiger partial charge is 0.225 e. The molecule has 0 atom stereocenters. The second kappa shape index (κ2) is 10.6. The summed E-state index contributed by atoms with van der Waals surface area (Å²) in [7, 11) is 7.01. The maximum atomic E-state index is 11.9. The van der Waals surface area contributed by atoms with Crippen LogP contribution >= 0.6 is 0 Å². The van der Waals surface area contributed by atoms with Crippen LogP contribution in [0.3, 0.4) is 0 Å². The number of hydrogen-bond acceptors (Lipinski definition) is 4. The summed E-state index contributed by atoms with van der Waals surface area (Å²) in [6.07, 6.45) is 0.846. The molecule has 1 aromatic rings. The predicted octanol–water partition coefficient (Wildman–Crippen LogP) is 1.92. The number of carbonyl (C=O) groups excluding carboxylic acids is 1. The van der Waals surface area contributed by atoms with E-state index in [2.05, 4.69) is 20.5 Å². The van der Waals surface area contributed by atoms with Crippen LogP contribution in [0.4, 0.5) is 0 Å². The van der Waals surface area contributed by atoms with Crippen molar-refractivity contribution >= 4 is 11.9 Å². The maximum absolute atomic E-state index is 11.9. The Kier molecular flexibility index (Phi) is 8.91. The molecule has 0 spiro atoms. The van der Waals surface area contributed by atoms with Crippen LogP contribution in [0.2, 0.25) is 0 Å². The number of rotatable bonds is 8. The summed E-state index contributed by atoms with van der Waals surface area (Å²) in [5.41, 5.74) is 0.783. The lowest BCUT2D eigenvalue weighted by atomic mass is 9.96. The van der Waals surface area contributed by atoms with Crippen molar-refractivity contribution in [3.63, 3.8) is 0 Å². The van der Waals surface area contributed by atoms with Gasteiger partial charge in [0.05, 0.1) is 14.2 Å². The Labute approximate surface area is 163 Å². The van der Waals surface area contributed by atoms with E-state index in [1.165, 1.54) is 0 Å². The number of carbonyl (C=O) groups is 1. The van der Waals surface area contributed by atoms with E-state index in [1.54, 1.807) is 21.3 Å². The molecule has 152 valence electrons. The zero-order valence-electron chi connectivity index (χ0n) is 17.7. The van der Waals surface area contributed by atoms with Crippen molar-refractivity contribution < 1.29 is 14.3 Å². The third kappa shape index (κ3) is 7.37. The van der Waals surface area contributed by atoms with E-state index in [0.717, 1.165) is 36.0 Å². The average Bonchev–Trinajstić information content (AvgIpc) is 2.64. The van der Waals surface area contributed by atoms with E-state index in [0.29, 0.717) is 13.1 Å². The zero-order valence-corrected chi connectivity index (χ0v) is 17.7. The normalized spacial score (nSPS) is 11.7. The minimum atomic E-state index is -0.377. The van der Waals surface area contributed by atoms with Crippen molar-refractivity contribution in [3.05, 3.63) is 23.8 Å². The summed E-state index contributed by atoms with van der Waals surface area (Å²) >= 11 is 0. The van der Waals surface area contributed by atoms with Gasteiger partial charge in [0.25, 0.3) is 0 Å². The van der Waals surface area contributed by atoms with Crippen LogP contribution in [0, 0.1) is 5.41 Å². The molecule has 0 unspecified atom stereocenters. The number of benzene rings is 1. The summed E-state index contributed by atoms with van der Waals surface area (Å²) in [5, 5.41) is 6.19. The number of ether oxygens (including phenoxy) is 2. The number of aliphatic imine (C=N–C) groups is 1. The molecule has 2 N–H and O–H groups in total. The fraction of sp³-hybridized carbons (Fsp3) is 0.600. The van der Waals surface area contributed by atoms with Gasteiger partial charge in [0, 0.05) is 39.1 Å². The SMILES string of the molecule is CN=C(NCCNC(=O)C(C)(C)C)N(C)CCc1ccc(OC)c(OC)c1. The summed E-state index contributed by atoms with van der Waals surface area (Å²) in [4.78, 5) is 18.2. The molecule has 7 nitrogen and oxygen atoms in total. The van der Waals surface area contributed by atoms with Crippen LogP contribution in [0.1, 0.15) is 26.3 Å². The van der Waals surface area contributed by atoms with Crippen LogP contribution in [-0.4, -0.2) is 64.7 Å². The van der Waals surface area contributed by atoms with Gasteiger partial charge in [-0.05, 0) is 24.1 Å². The summed E-state index contributed by atoms with van der Waals surface area (Å²) in [5.74, 6) is 2.29. The number of guanidine groups is 1. The average molecular weight is 379 g/mol. The van der Waals surface area contributed by atoms with Crippen molar-refractivity contribution in [2.24, 2.45) is 10.4 Å². The molecule has 0 aliphatic carbocycles. The Morgan fingerprint density at radius 3 is 2.30 bits per heavy atom. The molecule has 7 heteroatoms. The minimum Gasteiger partial charge on any atom is -0.493 e. The first kappa shape index (κ1) is 22.6. The molecule has 0 aromatic heterocycles. The molecule has 27 heavy (non-hydrogen) atoms. The van der Waals surface area contributed by atoms with Gasteiger partial charge in [-0.1, -0.05) is 26.8 Å². The molecule has 0 aliphatic rings. The molecule has 0 heterocycles. The Bertz CT molecular complexity index is 639. The van der Waals surface area contributed by atoms with Crippen molar-refractivity contribution in [3.8, 4) is 11.5 Å². The minimum absolute atomic E-state index is 0.0427. The predicted molar refractivity (Wildman–Crippen MR) is 110 cm³/mol. The second-order valence-electron chi connectivity index (χ2n) is 7.34. The first-order chi connectivity index (χ1) is 12.7. The van der Waals surface area contributed by atoms with Crippen molar-refractivity contribution in [2.45, 2.75) is 27.2 Å². The lowest BCUT2D eigenvalue weighted by Gasteiger charge is -2.23. The van der Waals surface area contributed by atoms with Crippen LogP contribution in [0.5, 0.6) is 11.5 Å². The van der Waals surface area contributed by atoms with Gasteiger partial charge in [0.2, 0.25) is 5.91 Å². The van der Waals surface area contributed by atoms with Gasteiger partial charge in [-0.15, -0.1) is 0 Å². The highest BCUT2D eigenvalue weighted by molar-refractivity contribution is 5.81. The third-order valence-corrected chi connectivity index (χ3v) is 4.13. The summed E-state index contributed by atoms with van der Waals surface area (Å²) in [6, 6.07) is 5.94. The number of nitrogens with zero attached hydrogens (tertiary/aromatic N) is 2. The topological polar surface area (TPSA) is 75.2 Å². The molecular formula is C20H34N4O3. The van der Waals surface area contributed by atoms with E-state index < -0.39 is 0 Å². The highest BCUT2D eigenvalue weighted by atomic mass is 16.5. The first-order valence-electron chi connectivity index (χ1n) is 9.14. The number of methoxy groups -OCH3 is 2. The number of nitrogens with one attached hydrogen (secondary N) is 2. The Balaban J connectivity index is 2.48. The third-order valence-electron chi connectivity index (χ3n) is 4.13. The van der Waals surface area contributed by atoms with Gasteiger partial charge in [-0.2, -0.15) is 0 Å². The maximum Gasteiger partial charge on any atom is 0.225 e. The number of hydrogen-bond donors (Lipinski definition) is 2. The van der Waals surface area contributed by atoms with Crippen LogP contribution in [-0.2, 0) is 11.2 Å². The van der Waals surface area contributed by atoms with Crippen LogP contribution in [0.15, 0.2) is 23.2 Å². The number of likely N-dealkylation sites (N-methyl/N-ethyl adjacent to an activating group) is 1.